The Morgan fingerprint density at radius 1 is 1.38 bits per heavy atom. The van der Waals surface area contributed by atoms with Crippen LogP contribution in [0.5, 0.6) is 0 Å². The molecule has 0 saturated heterocycles. The zero-order chi connectivity index (χ0) is 12.8. The van der Waals surface area contributed by atoms with Gasteiger partial charge in [0.2, 0.25) is 0 Å². The molecule has 0 saturated carbocycles. The Balaban J connectivity index is 4.37. The molecule has 0 bridgehead atoms. The Hall–Kier alpha value is -0.650. The second-order valence-corrected chi connectivity index (χ2v) is 4.75. The molecule has 5 heteroatoms. The van der Waals surface area contributed by atoms with E-state index in [0.717, 1.165) is 0 Å². The molecule has 0 aliphatic carbocycles. The van der Waals surface area contributed by atoms with Crippen LogP contribution in [0.2, 0.25) is 0 Å². The second kappa shape index (κ2) is 6.83. The average Bonchev–Trinajstić information content (AvgIpc) is 2.28. The van der Waals surface area contributed by atoms with Crippen LogP contribution in [-0.4, -0.2) is 49.1 Å². The quantitative estimate of drug-likeness (QED) is 0.529. The lowest BCUT2D eigenvalue weighted by atomic mass is 9.92. The zero-order valence-electron chi connectivity index (χ0n) is 10.5. The van der Waals surface area contributed by atoms with Crippen LogP contribution >= 0.6 is 0 Å². The standard InChI is InChI=1S/C11H23NO4/c1-8(2)9(10(15)16-4)12-5-11(3,6-13)7-14/h8-9,12-14H,5-7H2,1-4H3. The van der Waals surface area contributed by atoms with E-state index in [-0.39, 0.29) is 25.1 Å². The summed E-state index contributed by atoms with van der Waals surface area (Å²) >= 11 is 0. The van der Waals surface area contributed by atoms with E-state index < -0.39 is 11.5 Å². The lowest BCUT2D eigenvalue weighted by Gasteiger charge is -2.28. The number of carbonyl (C=O) groups excluding carboxylic acids is 1. The Morgan fingerprint density at radius 3 is 2.19 bits per heavy atom. The molecule has 96 valence electrons. The number of methoxy groups -OCH3 is 1. The summed E-state index contributed by atoms with van der Waals surface area (Å²) in [6, 6.07) is -0.414. The van der Waals surface area contributed by atoms with E-state index in [9.17, 15) is 4.79 Å². The predicted octanol–water partition coefficient (Wildman–Crippen LogP) is -0.236. The van der Waals surface area contributed by atoms with Crippen molar-refractivity contribution >= 4 is 5.97 Å². The molecule has 0 aliphatic rings. The Kier molecular flexibility index (Phi) is 6.55. The first-order chi connectivity index (χ1) is 7.40. The average molecular weight is 233 g/mol. The van der Waals surface area contributed by atoms with Crippen molar-refractivity contribution in [2.24, 2.45) is 11.3 Å². The maximum absolute atomic E-state index is 11.4. The van der Waals surface area contributed by atoms with Crippen LogP contribution in [0.4, 0.5) is 0 Å². The van der Waals surface area contributed by atoms with Crippen LogP contribution in [0.25, 0.3) is 0 Å². The summed E-state index contributed by atoms with van der Waals surface area (Å²) in [5.74, 6) is -0.234. The lowest BCUT2D eigenvalue weighted by molar-refractivity contribution is -0.144. The highest BCUT2D eigenvalue weighted by Crippen LogP contribution is 2.14. The third-order valence-corrected chi connectivity index (χ3v) is 2.63. The summed E-state index contributed by atoms with van der Waals surface area (Å²) in [5, 5.41) is 21.3. The number of nitrogens with one attached hydrogen (secondary N) is 1. The fourth-order valence-electron chi connectivity index (χ4n) is 1.24. The molecule has 0 aromatic heterocycles. The number of ether oxygens (including phenoxy) is 1. The number of hydrogen-bond donors (Lipinski definition) is 3. The van der Waals surface area contributed by atoms with Gasteiger partial charge in [0.15, 0.2) is 0 Å². The van der Waals surface area contributed by atoms with Gasteiger partial charge in [0.1, 0.15) is 6.04 Å². The minimum absolute atomic E-state index is 0.0917. The molecule has 0 aromatic carbocycles. The lowest BCUT2D eigenvalue weighted by Crippen LogP contribution is -2.48. The molecule has 0 rings (SSSR count). The maximum Gasteiger partial charge on any atom is 0.323 e. The third-order valence-electron chi connectivity index (χ3n) is 2.63. The van der Waals surface area contributed by atoms with Gasteiger partial charge in [-0.3, -0.25) is 4.79 Å². The minimum atomic E-state index is -0.624. The molecule has 5 nitrogen and oxygen atoms in total. The summed E-state index contributed by atoms with van der Waals surface area (Å²) < 4.78 is 4.68. The van der Waals surface area contributed by atoms with E-state index in [1.54, 1.807) is 6.92 Å². The number of rotatable bonds is 7. The molecule has 0 radical (unpaired) electrons. The van der Waals surface area contributed by atoms with E-state index in [2.05, 4.69) is 10.1 Å². The highest BCUT2D eigenvalue weighted by atomic mass is 16.5. The topological polar surface area (TPSA) is 78.8 Å². The first-order valence-corrected chi connectivity index (χ1v) is 5.43. The summed E-state index contributed by atoms with van der Waals surface area (Å²) in [7, 11) is 1.34. The summed E-state index contributed by atoms with van der Waals surface area (Å²) in [5.41, 5.74) is -0.624. The van der Waals surface area contributed by atoms with Crippen LogP contribution in [0, 0.1) is 11.3 Å². The fraction of sp³-hybridized carbons (Fsp3) is 0.909. The number of hydrogen-bond acceptors (Lipinski definition) is 5. The van der Waals surface area contributed by atoms with Gasteiger partial charge in [0.05, 0.1) is 20.3 Å². The molecule has 0 spiro atoms. The summed E-state index contributed by atoms with van der Waals surface area (Å²) in [6.45, 7) is 5.64. The van der Waals surface area contributed by atoms with Crippen molar-refractivity contribution in [3.8, 4) is 0 Å². The SMILES string of the molecule is COC(=O)C(NCC(C)(CO)CO)C(C)C. The number of esters is 1. The number of aliphatic hydroxyl groups is 2. The van der Waals surface area contributed by atoms with Gasteiger partial charge in [0.25, 0.3) is 0 Å². The van der Waals surface area contributed by atoms with Crippen LogP contribution < -0.4 is 5.32 Å². The van der Waals surface area contributed by atoms with Crippen molar-refractivity contribution in [3.05, 3.63) is 0 Å². The smallest absolute Gasteiger partial charge is 0.323 e. The fourth-order valence-corrected chi connectivity index (χ4v) is 1.24. The van der Waals surface area contributed by atoms with Gasteiger partial charge >= 0.3 is 5.97 Å². The van der Waals surface area contributed by atoms with Gasteiger partial charge in [-0.1, -0.05) is 20.8 Å². The normalized spacial score (nSPS) is 13.9. The van der Waals surface area contributed by atoms with E-state index in [4.69, 9.17) is 10.2 Å². The van der Waals surface area contributed by atoms with Crippen molar-refractivity contribution in [2.75, 3.05) is 26.9 Å². The van der Waals surface area contributed by atoms with Gasteiger partial charge in [0, 0.05) is 12.0 Å². The molecule has 0 heterocycles. The largest absolute Gasteiger partial charge is 0.468 e. The first kappa shape index (κ1) is 15.3. The van der Waals surface area contributed by atoms with Crippen LogP contribution in [0.15, 0.2) is 0 Å². The Bertz CT molecular complexity index is 214. The van der Waals surface area contributed by atoms with Gasteiger partial charge < -0.3 is 20.3 Å². The zero-order valence-corrected chi connectivity index (χ0v) is 10.5. The van der Waals surface area contributed by atoms with E-state index in [1.165, 1.54) is 7.11 Å². The van der Waals surface area contributed by atoms with Gasteiger partial charge in [-0.15, -0.1) is 0 Å². The van der Waals surface area contributed by atoms with Crippen molar-refractivity contribution in [3.63, 3.8) is 0 Å². The maximum atomic E-state index is 11.4. The van der Waals surface area contributed by atoms with E-state index in [0.29, 0.717) is 6.54 Å². The molecule has 0 amide bonds. The summed E-state index contributed by atoms with van der Waals surface area (Å²) in [4.78, 5) is 11.4. The third kappa shape index (κ3) is 4.47. The van der Waals surface area contributed by atoms with Gasteiger partial charge in [-0.2, -0.15) is 0 Å². The van der Waals surface area contributed by atoms with E-state index in [1.807, 2.05) is 13.8 Å². The molecular weight excluding hydrogens is 210 g/mol. The highest BCUT2D eigenvalue weighted by molar-refractivity contribution is 5.75. The molecule has 3 N–H and O–H groups in total. The highest BCUT2D eigenvalue weighted by Gasteiger charge is 2.28. The Labute approximate surface area is 96.8 Å². The minimum Gasteiger partial charge on any atom is -0.468 e. The number of carbonyl (C=O) groups is 1. The van der Waals surface area contributed by atoms with E-state index >= 15 is 0 Å². The molecule has 0 fully saturated rings. The number of aliphatic hydroxyl groups excluding tert-OH is 2. The van der Waals surface area contributed by atoms with Crippen molar-refractivity contribution < 1.29 is 19.7 Å². The first-order valence-electron chi connectivity index (χ1n) is 5.43. The van der Waals surface area contributed by atoms with Gasteiger partial charge in [-0.05, 0) is 5.92 Å². The van der Waals surface area contributed by atoms with Crippen LogP contribution in [0.3, 0.4) is 0 Å². The Morgan fingerprint density at radius 2 is 1.88 bits per heavy atom. The van der Waals surface area contributed by atoms with Crippen LogP contribution in [-0.2, 0) is 9.53 Å². The molecule has 0 aromatic rings. The molecular formula is C11H23NO4. The van der Waals surface area contributed by atoms with Crippen molar-refractivity contribution in [1.82, 2.24) is 5.32 Å². The monoisotopic (exact) mass is 233 g/mol. The molecule has 16 heavy (non-hydrogen) atoms. The molecule has 1 atom stereocenters. The predicted molar refractivity (Wildman–Crippen MR) is 60.9 cm³/mol. The second-order valence-electron chi connectivity index (χ2n) is 4.75. The van der Waals surface area contributed by atoms with Crippen molar-refractivity contribution in [2.45, 2.75) is 26.8 Å². The van der Waals surface area contributed by atoms with Crippen LogP contribution in [0.1, 0.15) is 20.8 Å². The molecule has 1 unspecified atom stereocenters. The van der Waals surface area contributed by atoms with Crippen molar-refractivity contribution in [1.29, 1.82) is 0 Å². The molecule has 0 aliphatic heterocycles. The summed E-state index contributed by atoms with van der Waals surface area (Å²) in [6.07, 6.45) is 0. The van der Waals surface area contributed by atoms with Gasteiger partial charge in [-0.25, -0.2) is 0 Å².